The molecule has 3 heterocycles. The van der Waals surface area contributed by atoms with Gasteiger partial charge in [0.25, 0.3) is 0 Å². The standard InChI is InChI=1S/C17H16I2N4O4.Co/c1-7(2)9-5-26-16(20-9)13-11(18)15(23(24)25)12(19)14(22-13)17-21-10(6-27-17)8(3)4;/h5-8H,1-4H3;. The van der Waals surface area contributed by atoms with Gasteiger partial charge in [0.2, 0.25) is 11.8 Å². The molecule has 0 aliphatic rings. The van der Waals surface area contributed by atoms with Crippen molar-refractivity contribution in [2.24, 2.45) is 0 Å². The molecule has 3 aromatic rings. The molecule has 0 atom stereocenters. The van der Waals surface area contributed by atoms with Crippen LogP contribution < -0.4 is 0 Å². The summed E-state index contributed by atoms with van der Waals surface area (Å²) in [6.07, 6.45) is 3.09. The SMILES string of the molecule is CC(C)c1coc(-c2nc(-c3nc(C(C)C)co3)c(I)c([N+](=O)[O-])c2I)n1.[Co]. The molecule has 0 fully saturated rings. The van der Waals surface area contributed by atoms with Crippen molar-refractivity contribution in [1.29, 1.82) is 0 Å². The number of nitrogens with zero attached hydrogens (tertiary/aromatic N) is 4. The average molecular weight is 653 g/mol. The maximum Gasteiger partial charge on any atom is 0.300 e. The number of nitro groups is 1. The summed E-state index contributed by atoms with van der Waals surface area (Å²) in [6.45, 7) is 7.95. The monoisotopic (exact) mass is 653 g/mol. The summed E-state index contributed by atoms with van der Waals surface area (Å²) in [6, 6.07) is 0. The molecule has 151 valence electrons. The van der Waals surface area contributed by atoms with Crippen molar-refractivity contribution in [2.75, 3.05) is 0 Å². The van der Waals surface area contributed by atoms with E-state index in [0.717, 1.165) is 11.4 Å². The number of hydrogen-bond donors (Lipinski definition) is 0. The smallest absolute Gasteiger partial charge is 0.300 e. The molecule has 0 unspecified atom stereocenters. The molecule has 0 bridgehead atoms. The second-order valence-corrected chi connectivity index (χ2v) is 8.66. The summed E-state index contributed by atoms with van der Waals surface area (Å²) in [7, 11) is 0. The molecule has 3 rings (SSSR count). The Morgan fingerprint density at radius 1 is 0.893 bits per heavy atom. The minimum Gasteiger partial charge on any atom is -0.443 e. The van der Waals surface area contributed by atoms with E-state index in [1.165, 1.54) is 0 Å². The molecule has 0 saturated carbocycles. The number of halogens is 2. The van der Waals surface area contributed by atoms with Crippen LogP contribution in [0.1, 0.15) is 50.9 Å². The van der Waals surface area contributed by atoms with Crippen molar-refractivity contribution < 1.29 is 30.5 Å². The molecule has 11 heteroatoms. The quantitative estimate of drug-likeness (QED) is 0.196. The summed E-state index contributed by atoms with van der Waals surface area (Å²) in [5.74, 6) is 0.802. The van der Waals surface area contributed by atoms with Gasteiger partial charge in [-0.25, -0.2) is 15.0 Å². The fourth-order valence-electron chi connectivity index (χ4n) is 2.29. The zero-order valence-corrected chi connectivity index (χ0v) is 20.7. The summed E-state index contributed by atoms with van der Waals surface area (Å²) in [5, 5.41) is 11.7. The molecule has 0 N–H and O–H groups in total. The Labute approximate surface area is 198 Å². The van der Waals surface area contributed by atoms with Crippen LogP contribution in [0.3, 0.4) is 0 Å². The molecule has 0 aliphatic carbocycles. The van der Waals surface area contributed by atoms with Crippen LogP contribution in [0.15, 0.2) is 21.4 Å². The number of pyridine rings is 1. The summed E-state index contributed by atoms with van der Waals surface area (Å²) >= 11 is 3.81. The summed E-state index contributed by atoms with van der Waals surface area (Å²) in [5.41, 5.74) is 2.04. The van der Waals surface area contributed by atoms with Gasteiger partial charge in [0.15, 0.2) is 0 Å². The van der Waals surface area contributed by atoms with Crippen LogP contribution in [0.5, 0.6) is 0 Å². The Morgan fingerprint density at radius 3 is 1.57 bits per heavy atom. The molecular weight excluding hydrogens is 637 g/mol. The maximum absolute atomic E-state index is 11.7. The third kappa shape index (κ3) is 4.41. The van der Waals surface area contributed by atoms with E-state index in [9.17, 15) is 10.1 Å². The van der Waals surface area contributed by atoms with E-state index in [1.807, 2.05) is 72.9 Å². The van der Waals surface area contributed by atoms with Crippen LogP contribution in [0.4, 0.5) is 5.69 Å². The molecule has 0 spiro atoms. The van der Waals surface area contributed by atoms with E-state index in [0.29, 0.717) is 18.5 Å². The van der Waals surface area contributed by atoms with Crippen LogP contribution in [0.2, 0.25) is 0 Å². The average Bonchev–Trinajstić information content (AvgIpc) is 3.24. The molecule has 28 heavy (non-hydrogen) atoms. The first-order valence-corrected chi connectivity index (χ1v) is 10.3. The molecule has 8 nitrogen and oxygen atoms in total. The van der Waals surface area contributed by atoms with Gasteiger partial charge in [-0.3, -0.25) is 10.1 Å². The van der Waals surface area contributed by atoms with Crippen molar-refractivity contribution in [2.45, 2.75) is 39.5 Å². The topological polar surface area (TPSA) is 108 Å². The molecular formula is C17H16CoI2N4O4. The van der Waals surface area contributed by atoms with E-state index in [2.05, 4.69) is 15.0 Å². The van der Waals surface area contributed by atoms with Gasteiger partial charge < -0.3 is 8.83 Å². The molecule has 0 aromatic carbocycles. The van der Waals surface area contributed by atoms with Crippen molar-refractivity contribution in [3.8, 4) is 23.2 Å². The minimum absolute atomic E-state index is 0. The maximum atomic E-state index is 11.7. The van der Waals surface area contributed by atoms with E-state index in [1.54, 1.807) is 12.5 Å². The normalized spacial score (nSPS) is 11.1. The Bertz CT molecular complexity index is 946. The zero-order valence-electron chi connectivity index (χ0n) is 15.3. The van der Waals surface area contributed by atoms with E-state index < -0.39 is 4.92 Å². The van der Waals surface area contributed by atoms with Crippen molar-refractivity contribution in [3.63, 3.8) is 0 Å². The van der Waals surface area contributed by atoms with Gasteiger partial charge >= 0.3 is 5.69 Å². The van der Waals surface area contributed by atoms with Gasteiger partial charge in [-0.2, -0.15) is 0 Å². The van der Waals surface area contributed by atoms with E-state index in [-0.39, 0.29) is 46.1 Å². The van der Waals surface area contributed by atoms with Crippen molar-refractivity contribution in [3.05, 3.63) is 41.2 Å². The fourth-order valence-corrected chi connectivity index (χ4v) is 4.45. The Hall–Kier alpha value is -1.06. The van der Waals surface area contributed by atoms with E-state index in [4.69, 9.17) is 8.83 Å². The Morgan fingerprint density at radius 2 is 1.29 bits per heavy atom. The fraction of sp³-hybridized carbons (Fsp3) is 0.353. The molecule has 0 amide bonds. The first kappa shape index (κ1) is 23.2. The summed E-state index contributed by atoms with van der Waals surface area (Å²) in [4.78, 5) is 24.7. The third-order valence-electron chi connectivity index (χ3n) is 3.87. The number of oxazole rings is 2. The Balaban J connectivity index is 0.00000280. The van der Waals surface area contributed by atoms with Crippen LogP contribution in [-0.2, 0) is 16.8 Å². The molecule has 0 aliphatic heterocycles. The second kappa shape index (κ2) is 9.17. The first-order chi connectivity index (χ1) is 12.7. The number of rotatable bonds is 5. The largest absolute Gasteiger partial charge is 0.443 e. The van der Waals surface area contributed by atoms with Gasteiger partial charge in [-0.05, 0) is 57.0 Å². The van der Waals surface area contributed by atoms with Crippen LogP contribution in [-0.4, -0.2) is 19.9 Å². The predicted octanol–water partition coefficient (Wildman–Crippen LogP) is 5.75. The molecule has 1 radical (unpaired) electrons. The zero-order chi connectivity index (χ0) is 19.9. The van der Waals surface area contributed by atoms with Gasteiger partial charge in [0, 0.05) is 16.8 Å². The van der Waals surface area contributed by atoms with Gasteiger partial charge in [0.05, 0.1) is 16.3 Å². The van der Waals surface area contributed by atoms with Crippen LogP contribution in [0.25, 0.3) is 23.2 Å². The van der Waals surface area contributed by atoms with Gasteiger partial charge in [0.1, 0.15) is 31.1 Å². The minimum atomic E-state index is -0.434. The van der Waals surface area contributed by atoms with Gasteiger partial charge in [-0.1, -0.05) is 27.7 Å². The van der Waals surface area contributed by atoms with E-state index >= 15 is 0 Å². The first-order valence-electron chi connectivity index (χ1n) is 8.15. The number of hydrogen-bond acceptors (Lipinski definition) is 7. The Kier molecular flexibility index (Phi) is 7.60. The third-order valence-corrected chi connectivity index (χ3v) is 5.91. The number of aromatic nitrogens is 3. The van der Waals surface area contributed by atoms with Gasteiger partial charge in [-0.15, -0.1) is 0 Å². The van der Waals surface area contributed by atoms with Crippen molar-refractivity contribution >= 4 is 50.9 Å². The van der Waals surface area contributed by atoms with Crippen molar-refractivity contribution in [1.82, 2.24) is 15.0 Å². The summed E-state index contributed by atoms with van der Waals surface area (Å²) < 4.78 is 11.8. The predicted molar refractivity (Wildman–Crippen MR) is 115 cm³/mol. The van der Waals surface area contributed by atoms with Crippen LogP contribution in [0, 0.1) is 17.3 Å². The van der Waals surface area contributed by atoms with Crippen LogP contribution >= 0.6 is 45.2 Å². The molecule has 3 aromatic heterocycles. The second-order valence-electron chi connectivity index (χ2n) is 6.51. The molecule has 0 saturated heterocycles.